The number of amides is 1. The molecule has 7 nitrogen and oxygen atoms in total. The Kier molecular flexibility index (Phi) is 8.51. The number of carbonyl (C=O) groups is 1. The van der Waals surface area contributed by atoms with Crippen molar-refractivity contribution in [2.45, 2.75) is 23.5 Å². The molecule has 0 unspecified atom stereocenters. The molecule has 0 spiro atoms. The molecular weight excluding hydrogens is 463 g/mol. The number of aromatic nitrogens is 1. The number of sulfonamides is 1. The van der Waals surface area contributed by atoms with Crippen molar-refractivity contribution >= 4 is 39.1 Å². The van der Waals surface area contributed by atoms with Crippen molar-refractivity contribution in [1.82, 2.24) is 15.0 Å². The summed E-state index contributed by atoms with van der Waals surface area (Å²) in [5.41, 5.74) is 1.22. The maximum absolute atomic E-state index is 14.2. The second-order valence-corrected chi connectivity index (χ2v) is 9.31. The van der Waals surface area contributed by atoms with E-state index in [0.29, 0.717) is 16.7 Å². The zero-order valence-electron chi connectivity index (χ0n) is 15.6. The predicted molar refractivity (Wildman–Crippen MR) is 110 cm³/mol. The quantitative estimate of drug-likeness (QED) is 0.475. The average molecular weight is 482 g/mol. The molecule has 1 amide bonds. The van der Waals surface area contributed by atoms with Gasteiger partial charge in [0.2, 0.25) is 10.0 Å². The molecule has 0 radical (unpaired) electrons. The van der Waals surface area contributed by atoms with Gasteiger partial charge >= 0.3 is 0 Å². The molecule has 164 valence electrons. The Bertz CT molecular complexity index is 991. The topological polar surface area (TPSA) is 108 Å². The number of pyridine rings is 1. The Morgan fingerprint density at radius 1 is 1.23 bits per heavy atom. The maximum atomic E-state index is 14.2. The van der Waals surface area contributed by atoms with Gasteiger partial charge < -0.3 is 10.4 Å². The lowest BCUT2D eigenvalue weighted by molar-refractivity contribution is -0.121. The number of aliphatic hydroxyl groups is 1. The van der Waals surface area contributed by atoms with E-state index >= 15 is 0 Å². The Hall–Kier alpha value is -1.85. The second-order valence-electron chi connectivity index (χ2n) is 6.38. The molecule has 12 heteroatoms. The molecule has 1 heterocycles. The fourth-order valence-electron chi connectivity index (χ4n) is 2.51. The zero-order chi connectivity index (χ0) is 22.5. The molecule has 2 rings (SSSR count). The normalized spacial score (nSPS) is 13.8. The number of aliphatic hydroxyl groups excluding tert-OH is 1. The molecule has 0 saturated carbocycles. The van der Waals surface area contributed by atoms with Crippen LogP contribution in [0, 0.1) is 5.82 Å². The number of carbonyl (C=O) groups excluding carboxylic acids is 1. The minimum atomic E-state index is -3.48. The highest BCUT2D eigenvalue weighted by atomic mass is 35.5. The summed E-state index contributed by atoms with van der Waals surface area (Å²) in [7, 11) is -3.48. The fourth-order valence-corrected chi connectivity index (χ4v) is 3.03. The first-order valence-corrected chi connectivity index (χ1v) is 11.3. The van der Waals surface area contributed by atoms with E-state index in [1.54, 1.807) is 12.1 Å². The van der Waals surface area contributed by atoms with Gasteiger partial charge in [0, 0.05) is 11.8 Å². The Morgan fingerprint density at radius 2 is 1.87 bits per heavy atom. The number of alkyl halides is 3. The highest BCUT2D eigenvalue weighted by Gasteiger charge is 2.25. The van der Waals surface area contributed by atoms with E-state index in [2.05, 4.69) is 15.0 Å². The van der Waals surface area contributed by atoms with Crippen LogP contribution in [0.1, 0.15) is 17.4 Å². The first-order valence-electron chi connectivity index (χ1n) is 8.53. The number of nitrogens with zero attached hydrogens (tertiary/aromatic N) is 1. The molecule has 0 aliphatic carbocycles. The second kappa shape index (κ2) is 10.5. The van der Waals surface area contributed by atoms with E-state index in [-0.39, 0.29) is 12.2 Å². The third-order valence-electron chi connectivity index (χ3n) is 4.08. The number of nitrogens with one attached hydrogen (secondary N) is 2. The highest BCUT2D eigenvalue weighted by molar-refractivity contribution is 7.88. The summed E-state index contributed by atoms with van der Waals surface area (Å²) in [5, 5.41) is 12.5. The molecule has 0 saturated heterocycles. The van der Waals surface area contributed by atoms with E-state index in [1.807, 2.05) is 0 Å². The Labute approximate surface area is 182 Å². The van der Waals surface area contributed by atoms with Crippen LogP contribution in [0.2, 0.25) is 0 Å². The number of benzene rings is 1. The molecular formula is C18H19Cl2F2N3O4S. The molecule has 1 aromatic carbocycles. The Morgan fingerprint density at radius 3 is 2.37 bits per heavy atom. The van der Waals surface area contributed by atoms with Crippen molar-refractivity contribution in [1.29, 1.82) is 0 Å². The minimum Gasteiger partial charge on any atom is -0.386 e. The van der Waals surface area contributed by atoms with E-state index in [4.69, 9.17) is 23.2 Å². The lowest BCUT2D eigenvalue weighted by Crippen LogP contribution is -2.43. The van der Waals surface area contributed by atoms with Gasteiger partial charge in [0.15, 0.2) is 4.84 Å². The van der Waals surface area contributed by atoms with Crippen molar-refractivity contribution in [3.63, 3.8) is 0 Å². The first-order chi connectivity index (χ1) is 14.0. The van der Waals surface area contributed by atoms with Crippen molar-refractivity contribution < 1.29 is 27.1 Å². The molecule has 0 aliphatic heterocycles. The van der Waals surface area contributed by atoms with Crippen LogP contribution in [-0.4, -0.2) is 48.2 Å². The number of hydrogen-bond donors (Lipinski definition) is 3. The van der Waals surface area contributed by atoms with Crippen LogP contribution >= 0.6 is 23.2 Å². The molecule has 1 aromatic heterocycles. The van der Waals surface area contributed by atoms with Gasteiger partial charge in [-0.25, -0.2) is 21.9 Å². The van der Waals surface area contributed by atoms with E-state index in [1.165, 1.54) is 24.4 Å². The van der Waals surface area contributed by atoms with Gasteiger partial charge in [-0.3, -0.25) is 9.78 Å². The van der Waals surface area contributed by atoms with Crippen LogP contribution in [0.5, 0.6) is 0 Å². The van der Waals surface area contributed by atoms with Crippen LogP contribution in [0.25, 0.3) is 11.1 Å². The van der Waals surface area contributed by atoms with Gasteiger partial charge in [-0.05, 0) is 17.2 Å². The summed E-state index contributed by atoms with van der Waals surface area (Å²) in [6, 6.07) is 6.06. The third-order valence-corrected chi connectivity index (χ3v) is 5.14. The molecule has 2 atom stereocenters. The minimum absolute atomic E-state index is 0.0605. The number of halogens is 4. The Balaban J connectivity index is 2.14. The van der Waals surface area contributed by atoms with Crippen molar-refractivity contribution in [3.8, 4) is 11.1 Å². The summed E-state index contributed by atoms with van der Waals surface area (Å²) in [5.74, 6) is -1.52. The first kappa shape index (κ1) is 24.4. The summed E-state index contributed by atoms with van der Waals surface area (Å²) in [4.78, 5) is 14.1. The van der Waals surface area contributed by atoms with Gasteiger partial charge in [0.05, 0.1) is 24.5 Å². The van der Waals surface area contributed by atoms with Crippen LogP contribution in [0.4, 0.5) is 8.78 Å². The monoisotopic (exact) mass is 481 g/mol. The van der Waals surface area contributed by atoms with Gasteiger partial charge in [-0.2, -0.15) is 0 Å². The van der Waals surface area contributed by atoms with E-state index < -0.39 is 45.4 Å². The molecule has 3 N–H and O–H groups in total. The van der Waals surface area contributed by atoms with Crippen molar-refractivity contribution in [2.75, 3.05) is 12.9 Å². The van der Waals surface area contributed by atoms with Crippen LogP contribution in [0.15, 0.2) is 36.5 Å². The third kappa shape index (κ3) is 6.85. The van der Waals surface area contributed by atoms with Crippen molar-refractivity contribution in [2.24, 2.45) is 0 Å². The molecule has 30 heavy (non-hydrogen) atoms. The SMILES string of the molecule is CS(=O)(=O)NCc1ncc(-c2ccc([C@H](O)[C@@H](CF)NC(=O)C(Cl)Cl)cc2)cc1F. The largest absolute Gasteiger partial charge is 0.386 e. The maximum Gasteiger partial charge on any atom is 0.253 e. The molecule has 0 fully saturated rings. The van der Waals surface area contributed by atoms with Crippen LogP contribution in [0.3, 0.4) is 0 Å². The summed E-state index contributed by atoms with van der Waals surface area (Å²) in [6.45, 7) is -1.33. The van der Waals surface area contributed by atoms with Gasteiger partial charge in [0.25, 0.3) is 5.91 Å². The lowest BCUT2D eigenvalue weighted by atomic mass is 9.99. The van der Waals surface area contributed by atoms with Gasteiger partial charge in [0.1, 0.15) is 18.6 Å². The van der Waals surface area contributed by atoms with Crippen molar-refractivity contribution in [3.05, 3.63) is 53.6 Å². The fraction of sp³-hybridized carbons (Fsp3) is 0.333. The number of hydrogen-bond acceptors (Lipinski definition) is 5. The van der Waals surface area contributed by atoms with Gasteiger partial charge in [-0.1, -0.05) is 47.5 Å². The zero-order valence-corrected chi connectivity index (χ0v) is 18.0. The van der Waals surface area contributed by atoms with Crippen LogP contribution in [-0.2, 0) is 21.4 Å². The molecule has 0 aliphatic rings. The van der Waals surface area contributed by atoms with E-state index in [9.17, 15) is 27.1 Å². The summed E-state index contributed by atoms with van der Waals surface area (Å²) in [6.07, 6.45) is 0.969. The average Bonchev–Trinajstić information content (AvgIpc) is 2.69. The molecule has 0 bridgehead atoms. The predicted octanol–water partition coefficient (Wildman–Crippen LogP) is 2.23. The van der Waals surface area contributed by atoms with Crippen LogP contribution < -0.4 is 10.0 Å². The number of rotatable bonds is 9. The summed E-state index contributed by atoms with van der Waals surface area (Å²) >= 11 is 10.8. The molecule has 2 aromatic rings. The standard InChI is InChI=1S/C18H19Cl2F2N3O4S/c1-30(28,29)24-9-15-13(22)6-12(8-23-15)10-2-4-11(5-3-10)16(26)14(7-21)25-18(27)17(19)20/h2-6,8,14,16-17,24,26H,7,9H2,1H3,(H,25,27)/t14-,16+/m1/s1. The smallest absolute Gasteiger partial charge is 0.253 e. The lowest BCUT2D eigenvalue weighted by Gasteiger charge is -2.22. The van der Waals surface area contributed by atoms with E-state index in [0.717, 1.165) is 6.26 Å². The highest BCUT2D eigenvalue weighted by Crippen LogP contribution is 2.25. The van der Waals surface area contributed by atoms with Gasteiger partial charge in [-0.15, -0.1) is 0 Å². The summed E-state index contributed by atoms with van der Waals surface area (Å²) < 4.78 is 51.8.